The molecule has 2 heterocycles. The topological polar surface area (TPSA) is 55.9 Å². The lowest BCUT2D eigenvalue weighted by molar-refractivity contribution is -0.134. The summed E-state index contributed by atoms with van der Waals surface area (Å²) in [5.41, 5.74) is 0. The third-order valence-corrected chi connectivity index (χ3v) is 4.25. The zero-order valence-corrected chi connectivity index (χ0v) is 13.8. The Morgan fingerprint density at radius 3 is 2.14 bits per heavy atom. The molecule has 0 aromatic carbocycles. The van der Waals surface area contributed by atoms with Crippen LogP contribution in [0.25, 0.3) is 0 Å². The SMILES string of the molecule is CCN(CC)C(=O)N1CCN(C(=O)C2CCCN2)CC1.Cl. The third-order valence-electron chi connectivity index (χ3n) is 4.25. The standard InChI is InChI=1S/C14H26N4O2.ClH/c1-3-16(4-2)14(20)18-10-8-17(9-11-18)13(19)12-6-5-7-15-12;/h12,15H,3-11H2,1-2H3;1H. The first-order valence-corrected chi connectivity index (χ1v) is 7.73. The van der Waals surface area contributed by atoms with Gasteiger partial charge in [0.1, 0.15) is 0 Å². The van der Waals surface area contributed by atoms with Gasteiger partial charge in [0.15, 0.2) is 0 Å². The highest BCUT2D eigenvalue weighted by atomic mass is 35.5. The van der Waals surface area contributed by atoms with E-state index in [0.29, 0.717) is 26.2 Å². The van der Waals surface area contributed by atoms with Crippen molar-refractivity contribution in [2.75, 3.05) is 45.8 Å². The van der Waals surface area contributed by atoms with Gasteiger partial charge in [-0.1, -0.05) is 0 Å². The largest absolute Gasteiger partial charge is 0.338 e. The van der Waals surface area contributed by atoms with Crippen molar-refractivity contribution < 1.29 is 9.59 Å². The summed E-state index contributed by atoms with van der Waals surface area (Å²) in [6.45, 7) is 9.01. The van der Waals surface area contributed by atoms with Crippen molar-refractivity contribution in [1.82, 2.24) is 20.0 Å². The molecule has 3 amide bonds. The Hall–Kier alpha value is -1.01. The van der Waals surface area contributed by atoms with Gasteiger partial charge in [-0.05, 0) is 33.2 Å². The van der Waals surface area contributed by atoms with E-state index < -0.39 is 0 Å². The predicted molar refractivity (Wildman–Crippen MR) is 84.7 cm³/mol. The van der Waals surface area contributed by atoms with Crippen LogP contribution in [0.15, 0.2) is 0 Å². The minimum atomic E-state index is 0. The minimum absolute atomic E-state index is 0. The van der Waals surface area contributed by atoms with Gasteiger partial charge in [0, 0.05) is 39.3 Å². The lowest BCUT2D eigenvalue weighted by Crippen LogP contribution is -2.56. The van der Waals surface area contributed by atoms with Gasteiger partial charge < -0.3 is 20.0 Å². The monoisotopic (exact) mass is 318 g/mol. The summed E-state index contributed by atoms with van der Waals surface area (Å²) in [7, 11) is 0. The van der Waals surface area contributed by atoms with Crippen LogP contribution in [0.1, 0.15) is 26.7 Å². The lowest BCUT2D eigenvalue weighted by atomic mass is 10.2. The van der Waals surface area contributed by atoms with Crippen molar-refractivity contribution in [1.29, 1.82) is 0 Å². The number of carbonyl (C=O) groups is 2. The van der Waals surface area contributed by atoms with E-state index in [1.165, 1.54) is 0 Å². The minimum Gasteiger partial charge on any atom is -0.338 e. The van der Waals surface area contributed by atoms with Crippen molar-refractivity contribution in [3.63, 3.8) is 0 Å². The Kier molecular flexibility index (Phi) is 7.25. The van der Waals surface area contributed by atoms with Gasteiger partial charge >= 0.3 is 6.03 Å². The molecule has 21 heavy (non-hydrogen) atoms. The van der Waals surface area contributed by atoms with E-state index >= 15 is 0 Å². The number of hydrogen-bond acceptors (Lipinski definition) is 3. The second kappa shape index (κ2) is 8.44. The van der Waals surface area contributed by atoms with Crippen LogP contribution in [0.5, 0.6) is 0 Å². The van der Waals surface area contributed by atoms with Crippen LogP contribution >= 0.6 is 12.4 Å². The number of halogens is 1. The van der Waals surface area contributed by atoms with Crippen molar-refractivity contribution in [3.8, 4) is 0 Å². The highest BCUT2D eigenvalue weighted by molar-refractivity contribution is 5.85. The third kappa shape index (κ3) is 4.23. The molecule has 2 aliphatic heterocycles. The molecule has 2 rings (SSSR count). The summed E-state index contributed by atoms with van der Waals surface area (Å²) in [6.07, 6.45) is 2.02. The quantitative estimate of drug-likeness (QED) is 0.836. The summed E-state index contributed by atoms with van der Waals surface area (Å²) >= 11 is 0. The maximum Gasteiger partial charge on any atom is 0.320 e. The number of nitrogens with one attached hydrogen (secondary N) is 1. The van der Waals surface area contributed by atoms with Crippen LogP contribution in [-0.2, 0) is 4.79 Å². The maximum atomic E-state index is 12.3. The van der Waals surface area contributed by atoms with Crippen LogP contribution in [0.3, 0.4) is 0 Å². The molecule has 2 aliphatic rings. The number of carbonyl (C=O) groups excluding carboxylic acids is 2. The van der Waals surface area contributed by atoms with Crippen LogP contribution in [0.2, 0.25) is 0 Å². The predicted octanol–water partition coefficient (Wildman–Crippen LogP) is 0.766. The summed E-state index contributed by atoms with van der Waals surface area (Å²) in [4.78, 5) is 30.1. The van der Waals surface area contributed by atoms with Gasteiger partial charge in [0.2, 0.25) is 5.91 Å². The van der Waals surface area contributed by atoms with Crippen molar-refractivity contribution in [2.45, 2.75) is 32.7 Å². The van der Waals surface area contributed by atoms with Gasteiger partial charge in [0.25, 0.3) is 0 Å². The van der Waals surface area contributed by atoms with E-state index in [0.717, 1.165) is 32.5 Å². The van der Waals surface area contributed by atoms with Crippen LogP contribution in [0, 0.1) is 0 Å². The van der Waals surface area contributed by atoms with Crippen molar-refractivity contribution >= 4 is 24.3 Å². The molecule has 2 saturated heterocycles. The van der Waals surface area contributed by atoms with Gasteiger partial charge in [0.05, 0.1) is 6.04 Å². The molecule has 1 unspecified atom stereocenters. The molecule has 0 aliphatic carbocycles. The van der Waals surface area contributed by atoms with E-state index in [1.807, 2.05) is 28.5 Å². The number of rotatable bonds is 3. The molecule has 0 spiro atoms. The van der Waals surface area contributed by atoms with Crippen molar-refractivity contribution in [3.05, 3.63) is 0 Å². The molecule has 6 nitrogen and oxygen atoms in total. The maximum absolute atomic E-state index is 12.3. The molecule has 122 valence electrons. The van der Waals surface area contributed by atoms with E-state index in [9.17, 15) is 9.59 Å². The van der Waals surface area contributed by atoms with E-state index in [2.05, 4.69) is 5.32 Å². The van der Waals surface area contributed by atoms with Crippen LogP contribution < -0.4 is 5.32 Å². The fourth-order valence-corrected chi connectivity index (χ4v) is 2.93. The molecule has 1 N–H and O–H groups in total. The summed E-state index contributed by atoms with van der Waals surface area (Å²) in [6, 6.07) is 0.0983. The number of hydrogen-bond donors (Lipinski definition) is 1. The normalized spacial score (nSPS) is 21.9. The first-order chi connectivity index (χ1) is 9.67. The molecule has 1 atom stereocenters. The molecule has 0 radical (unpaired) electrons. The van der Waals surface area contributed by atoms with Gasteiger partial charge in [-0.2, -0.15) is 0 Å². The van der Waals surface area contributed by atoms with Crippen LogP contribution in [0.4, 0.5) is 4.79 Å². The Labute approximate surface area is 133 Å². The number of piperazine rings is 1. The Morgan fingerprint density at radius 2 is 1.67 bits per heavy atom. The Bertz CT molecular complexity index is 327. The molecular weight excluding hydrogens is 292 g/mol. The lowest BCUT2D eigenvalue weighted by Gasteiger charge is -2.38. The molecule has 0 saturated carbocycles. The van der Waals surface area contributed by atoms with Crippen LogP contribution in [-0.4, -0.2) is 78.5 Å². The Morgan fingerprint density at radius 1 is 1.10 bits per heavy atom. The first kappa shape index (κ1) is 18.0. The highest BCUT2D eigenvalue weighted by Gasteiger charge is 2.31. The summed E-state index contributed by atoms with van der Waals surface area (Å²) in [5.74, 6) is 0.206. The summed E-state index contributed by atoms with van der Waals surface area (Å²) in [5, 5.41) is 3.24. The molecule has 0 aromatic heterocycles. The molecule has 0 bridgehead atoms. The zero-order chi connectivity index (χ0) is 14.5. The summed E-state index contributed by atoms with van der Waals surface area (Å²) < 4.78 is 0. The van der Waals surface area contributed by atoms with E-state index in [4.69, 9.17) is 0 Å². The Balaban J connectivity index is 0.00000220. The smallest absolute Gasteiger partial charge is 0.320 e. The van der Waals surface area contributed by atoms with Gasteiger partial charge in [-0.25, -0.2) is 4.79 Å². The van der Waals surface area contributed by atoms with Gasteiger partial charge in [-0.3, -0.25) is 4.79 Å². The second-order valence-electron chi connectivity index (χ2n) is 5.42. The van der Waals surface area contributed by atoms with Gasteiger partial charge in [-0.15, -0.1) is 12.4 Å². The van der Waals surface area contributed by atoms with Crippen molar-refractivity contribution in [2.24, 2.45) is 0 Å². The van der Waals surface area contributed by atoms with E-state index in [1.54, 1.807) is 0 Å². The fourth-order valence-electron chi connectivity index (χ4n) is 2.93. The molecule has 2 fully saturated rings. The average molecular weight is 319 g/mol. The molecule has 7 heteroatoms. The number of urea groups is 1. The molecule has 0 aromatic rings. The number of nitrogens with zero attached hydrogens (tertiary/aromatic N) is 3. The van der Waals surface area contributed by atoms with E-state index in [-0.39, 0.29) is 30.4 Å². The highest BCUT2D eigenvalue weighted by Crippen LogP contribution is 2.12. The zero-order valence-electron chi connectivity index (χ0n) is 13.0. The fraction of sp³-hybridized carbons (Fsp3) is 0.857. The number of amides is 3. The average Bonchev–Trinajstić information content (AvgIpc) is 3.02. The molecular formula is C14H27ClN4O2. The second-order valence-corrected chi connectivity index (χ2v) is 5.42. The first-order valence-electron chi connectivity index (χ1n) is 7.73.